The molecule has 0 amide bonds. The second-order valence-corrected chi connectivity index (χ2v) is 20.8. The third-order valence-electron chi connectivity index (χ3n) is 13.2. The van der Waals surface area contributed by atoms with Gasteiger partial charge < -0.3 is 39.4 Å². The number of rotatable bonds is 29. The summed E-state index contributed by atoms with van der Waals surface area (Å²) in [5.74, 6) is 1.10. The first-order valence-electron chi connectivity index (χ1n) is 25.3. The highest BCUT2D eigenvalue weighted by atomic mass is 16.5. The lowest BCUT2D eigenvalue weighted by Gasteiger charge is -2.51. The van der Waals surface area contributed by atoms with Crippen LogP contribution in [0.1, 0.15) is 117 Å². The molecule has 70 heavy (non-hydrogen) atoms. The maximum atomic E-state index is 5.93. The molecule has 2 aliphatic heterocycles. The van der Waals surface area contributed by atoms with Crippen LogP contribution in [0.4, 0.5) is 11.9 Å². The molecule has 0 saturated carbocycles. The Morgan fingerprint density at radius 3 is 1.13 bits per heavy atom. The Hall–Kier alpha value is -5.86. The number of piperidine rings is 2. The molecule has 2 aliphatic rings. The summed E-state index contributed by atoms with van der Waals surface area (Å²) in [5.41, 5.74) is 2.12. The molecule has 14 nitrogen and oxygen atoms in total. The topological polar surface area (TPSA) is 145 Å². The number of hydrogen-bond acceptors (Lipinski definition) is 14. The summed E-state index contributed by atoms with van der Waals surface area (Å²) < 4.78 is 23.7. The molecule has 0 radical (unpaired) electrons. The van der Waals surface area contributed by atoms with Gasteiger partial charge >= 0.3 is 24.0 Å². The number of aryl methyl sites for hydroxylation is 2. The summed E-state index contributed by atoms with van der Waals surface area (Å²) in [4.78, 5) is 33.4. The highest BCUT2D eigenvalue weighted by molar-refractivity contribution is 5.37. The fraction of sp³-hybridized carbons (Fsp3) is 0.536. The van der Waals surface area contributed by atoms with Crippen LogP contribution in [-0.4, -0.2) is 104 Å². The van der Waals surface area contributed by atoms with Crippen molar-refractivity contribution in [2.75, 3.05) is 49.3 Å². The van der Waals surface area contributed by atoms with Gasteiger partial charge in [0.15, 0.2) is 0 Å². The zero-order valence-electron chi connectivity index (χ0n) is 43.0. The van der Waals surface area contributed by atoms with Gasteiger partial charge in [-0.3, -0.25) is 0 Å². The van der Waals surface area contributed by atoms with Crippen LogP contribution in [0.5, 0.6) is 24.0 Å². The monoisotopic (exact) mass is 957 g/mol. The van der Waals surface area contributed by atoms with E-state index in [0.29, 0.717) is 11.9 Å². The Morgan fingerprint density at radius 1 is 0.486 bits per heavy atom. The fourth-order valence-electron chi connectivity index (χ4n) is 10.6. The lowest BCUT2D eigenvalue weighted by atomic mass is 9.75. The van der Waals surface area contributed by atoms with E-state index < -0.39 is 0 Å². The van der Waals surface area contributed by atoms with Crippen LogP contribution < -0.4 is 39.4 Å². The van der Waals surface area contributed by atoms with E-state index in [2.05, 4.69) is 159 Å². The Bertz CT molecular complexity index is 2060. The predicted molar refractivity (Wildman–Crippen MR) is 282 cm³/mol. The van der Waals surface area contributed by atoms with Crippen LogP contribution in [0.2, 0.25) is 0 Å². The van der Waals surface area contributed by atoms with Crippen LogP contribution in [0, 0.1) is 0 Å². The summed E-state index contributed by atoms with van der Waals surface area (Å²) in [5, 5.41) is 8.08. The van der Waals surface area contributed by atoms with Crippen molar-refractivity contribution in [1.29, 1.82) is 0 Å². The average Bonchev–Trinajstić information content (AvgIpc) is 3.32. The molecule has 378 valence electrons. The molecule has 2 aromatic carbocycles. The quantitative estimate of drug-likeness (QED) is 0.0393. The van der Waals surface area contributed by atoms with Gasteiger partial charge in [-0.25, -0.2) is 0 Å². The van der Waals surface area contributed by atoms with Gasteiger partial charge in [-0.05, 0) is 117 Å². The Kier molecular flexibility index (Phi) is 19.3. The van der Waals surface area contributed by atoms with Crippen LogP contribution in [0.15, 0.2) is 111 Å². The number of ether oxygens (including phenoxy) is 4. The minimum Gasteiger partial charge on any atom is -0.459 e. The number of hydrogen-bond donors (Lipinski definition) is 2. The van der Waals surface area contributed by atoms with Crippen LogP contribution in [-0.2, 0) is 12.8 Å². The molecule has 6 rings (SSSR count). The van der Waals surface area contributed by atoms with E-state index in [1.165, 1.54) is 11.1 Å². The van der Waals surface area contributed by atoms with Gasteiger partial charge in [0.1, 0.15) is 26.4 Å². The maximum Gasteiger partial charge on any atom is 0.324 e. The summed E-state index contributed by atoms with van der Waals surface area (Å²) in [7, 11) is 0. The van der Waals surface area contributed by atoms with Gasteiger partial charge in [-0.1, -0.05) is 124 Å². The Labute approximate surface area is 418 Å². The second kappa shape index (κ2) is 25.3. The molecule has 4 heterocycles. The van der Waals surface area contributed by atoms with Gasteiger partial charge in [0, 0.05) is 47.3 Å². The summed E-state index contributed by atoms with van der Waals surface area (Å²) in [6.45, 7) is 31.8. The van der Waals surface area contributed by atoms with Crippen molar-refractivity contribution in [1.82, 2.24) is 40.5 Å². The van der Waals surface area contributed by atoms with Crippen molar-refractivity contribution in [2.45, 2.75) is 153 Å². The van der Waals surface area contributed by atoms with Gasteiger partial charge in [0.05, 0.1) is 0 Å². The third-order valence-corrected chi connectivity index (χ3v) is 13.2. The number of benzene rings is 2. The maximum absolute atomic E-state index is 5.93. The third kappa shape index (κ3) is 16.4. The minimum absolute atomic E-state index is 0.132. The van der Waals surface area contributed by atoms with Crippen molar-refractivity contribution < 1.29 is 18.9 Å². The molecule has 4 unspecified atom stereocenters. The standard InChI is InChI=1S/C56H80N10O4/c1-11-35-67-49-57-47(58-50(61-49)68-36-12-2)65(45-39-53(5,6)63-55(9,41-45)31-29-43-25-19-17-20-26-43)33-23-15-16-24-34-66(48-59-51(69-37-13-3)62-52(60-48)70-38-14-4)46-40-54(7,8)64-56(10,42-46)32-30-44-27-21-18-22-28-44/h11-14,17-22,25-28,45-46,63-64H,1-4,15-16,23-24,29-42H2,5-10H3. The Morgan fingerprint density at radius 2 is 0.814 bits per heavy atom. The van der Waals surface area contributed by atoms with Gasteiger partial charge in [-0.2, -0.15) is 19.9 Å². The van der Waals surface area contributed by atoms with Crippen molar-refractivity contribution in [3.05, 3.63) is 122 Å². The molecule has 4 atom stereocenters. The lowest BCUT2D eigenvalue weighted by Crippen LogP contribution is -2.64. The predicted octanol–water partition coefficient (Wildman–Crippen LogP) is 10.0. The lowest BCUT2D eigenvalue weighted by molar-refractivity contribution is 0.135. The van der Waals surface area contributed by atoms with Crippen molar-refractivity contribution in [3.8, 4) is 24.0 Å². The summed E-state index contributed by atoms with van der Waals surface area (Å²) in [6, 6.07) is 22.6. The molecule has 14 heteroatoms. The number of nitrogens with one attached hydrogen (secondary N) is 2. The normalized spacial score (nSPS) is 21.5. The molecular formula is C56H80N10O4. The van der Waals surface area contributed by atoms with Crippen molar-refractivity contribution >= 4 is 11.9 Å². The zero-order chi connectivity index (χ0) is 50.0. The van der Waals surface area contributed by atoms with Crippen molar-refractivity contribution in [2.24, 2.45) is 0 Å². The van der Waals surface area contributed by atoms with Crippen LogP contribution in [0.3, 0.4) is 0 Å². The minimum atomic E-state index is -0.142. The van der Waals surface area contributed by atoms with E-state index in [1.807, 2.05) is 0 Å². The number of aromatic nitrogens is 6. The molecule has 2 aromatic heterocycles. The Balaban J connectivity index is 1.24. The molecule has 0 bridgehead atoms. The SMILES string of the molecule is C=CCOc1nc(OCC=C)nc(N(CCCCCCN(c2nc(OCC=C)nc(OCC=C)n2)C2CC(C)(C)NC(C)(CCc3ccccc3)C2)C2CC(C)(C)NC(C)(CCc3ccccc3)C2)n1. The van der Waals surface area contributed by atoms with E-state index >= 15 is 0 Å². The average molecular weight is 957 g/mol. The first-order chi connectivity index (χ1) is 33.6. The van der Waals surface area contributed by atoms with Crippen LogP contribution >= 0.6 is 0 Å². The van der Waals surface area contributed by atoms with E-state index in [0.717, 1.165) is 90.1 Å². The fourth-order valence-corrected chi connectivity index (χ4v) is 10.6. The van der Waals surface area contributed by atoms with Gasteiger partial charge in [0.2, 0.25) is 11.9 Å². The van der Waals surface area contributed by atoms with Gasteiger partial charge in [-0.15, -0.1) is 9.97 Å². The van der Waals surface area contributed by atoms with E-state index in [-0.39, 0.29) is 84.7 Å². The van der Waals surface area contributed by atoms with Gasteiger partial charge in [0.25, 0.3) is 0 Å². The molecular weight excluding hydrogens is 877 g/mol. The molecule has 4 aromatic rings. The smallest absolute Gasteiger partial charge is 0.324 e. The van der Waals surface area contributed by atoms with E-state index in [4.69, 9.17) is 38.9 Å². The highest BCUT2D eigenvalue weighted by Gasteiger charge is 2.44. The molecule has 0 aliphatic carbocycles. The number of unbranched alkanes of at least 4 members (excludes halogenated alkanes) is 3. The largest absolute Gasteiger partial charge is 0.459 e. The first-order valence-corrected chi connectivity index (χ1v) is 25.3. The van der Waals surface area contributed by atoms with E-state index in [1.54, 1.807) is 24.3 Å². The summed E-state index contributed by atoms with van der Waals surface area (Å²) >= 11 is 0. The molecule has 2 fully saturated rings. The highest BCUT2D eigenvalue weighted by Crippen LogP contribution is 2.38. The number of anilines is 2. The summed E-state index contributed by atoms with van der Waals surface area (Å²) in [6.07, 6.45) is 18.1. The second-order valence-electron chi connectivity index (χ2n) is 20.8. The molecule has 2 N–H and O–H groups in total. The molecule has 0 spiro atoms. The zero-order valence-corrected chi connectivity index (χ0v) is 43.0. The number of nitrogens with zero attached hydrogens (tertiary/aromatic N) is 8. The first kappa shape index (κ1) is 53.5. The van der Waals surface area contributed by atoms with E-state index in [9.17, 15) is 0 Å². The van der Waals surface area contributed by atoms with Crippen LogP contribution in [0.25, 0.3) is 0 Å². The van der Waals surface area contributed by atoms with Crippen molar-refractivity contribution in [3.63, 3.8) is 0 Å². The molecule has 2 saturated heterocycles.